The maximum Gasteiger partial charge on any atom is 0.325 e. The average molecular weight is 238 g/mol. The summed E-state index contributed by atoms with van der Waals surface area (Å²) >= 11 is 0. The number of piperazine rings is 1. The predicted octanol–water partition coefficient (Wildman–Crippen LogP) is 0.857. The molecule has 1 atom stereocenters. The lowest BCUT2D eigenvalue weighted by Crippen LogP contribution is -2.47. The van der Waals surface area contributed by atoms with Crippen LogP contribution in [0.5, 0.6) is 0 Å². The van der Waals surface area contributed by atoms with Gasteiger partial charge in [-0.3, -0.25) is 9.69 Å². The van der Waals surface area contributed by atoms with E-state index < -0.39 is 17.8 Å². The van der Waals surface area contributed by atoms with E-state index >= 15 is 0 Å². The number of carboxylic acid groups (broad SMARTS) is 1. The largest absolute Gasteiger partial charge is 0.480 e. The molecular weight excluding hydrogens is 223 g/mol. The second kappa shape index (κ2) is 5.25. The number of carboxylic acids is 1. The molecule has 5 heteroatoms. The summed E-state index contributed by atoms with van der Waals surface area (Å²) in [6.07, 6.45) is 0. The van der Waals surface area contributed by atoms with E-state index in [1.54, 1.807) is 17.0 Å². The molecule has 0 aromatic heterocycles. The average Bonchev–Trinajstić information content (AvgIpc) is 2.33. The minimum atomic E-state index is -1.00. The van der Waals surface area contributed by atoms with Crippen LogP contribution in [0.3, 0.4) is 0 Å². The number of aliphatic carboxylic acids is 1. The zero-order chi connectivity index (χ0) is 12.3. The highest BCUT2D eigenvalue weighted by molar-refractivity contribution is 5.75. The highest BCUT2D eigenvalue weighted by Crippen LogP contribution is 2.23. The number of nitrogens with one attached hydrogen (secondary N) is 1. The molecule has 0 bridgehead atoms. The summed E-state index contributed by atoms with van der Waals surface area (Å²) in [6.45, 7) is 2.70. The smallest absolute Gasteiger partial charge is 0.325 e. The second-order valence-electron chi connectivity index (χ2n) is 4.05. The first-order valence-electron chi connectivity index (χ1n) is 5.62. The normalized spacial score (nSPS) is 18.9. The third-order valence-electron chi connectivity index (χ3n) is 2.95. The number of carbonyl (C=O) groups is 1. The SMILES string of the molecule is O=C(O)C(c1ccccc1F)N1CCNCC1. The van der Waals surface area contributed by atoms with Crippen LogP contribution in [0.4, 0.5) is 4.39 Å². The maximum absolute atomic E-state index is 13.6. The molecule has 1 aromatic carbocycles. The van der Waals surface area contributed by atoms with Crippen molar-refractivity contribution in [3.8, 4) is 0 Å². The fraction of sp³-hybridized carbons (Fsp3) is 0.417. The van der Waals surface area contributed by atoms with Crippen molar-refractivity contribution in [1.82, 2.24) is 10.2 Å². The molecule has 0 saturated carbocycles. The summed E-state index contributed by atoms with van der Waals surface area (Å²) in [5.41, 5.74) is 0.238. The van der Waals surface area contributed by atoms with Crippen LogP contribution >= 0.6 is 0 Å². The quantitative estimate of drug-likeness (QED) is 0.820. The lowest BCUT2D eigenvalue weighted by Gasteiger charge is -2.32. The fourth-order valence-electron chi connectivity index (χ4n) is 2.12. The van der Waals surface area contributed by atoms with Crippen molar-refractivity contribution >= 4 is 5.97 Å². The summed E-state index contributed by atoms with van der Waals surface area (Å²) in [4.78, 5) is 13.1. The van der Waals surface area contributed by atoms with Gasteiger partial charge in [-0.25, -0.2) is 4.39 Å². The Morgan fingerprint density at radius 3 is 2.59 bits per heavy atom. The number of hydrogen-bond donors (Lipinski definition) is 2. The zero-order valence-electron chi connectivity index (χ0n) is 9.40. The number of rotatable bonds is 3. The Morgan fingerprint density at radius 1 is 1.35 bits per heavy atom. The Kier molecular flexibility index (Phi) is 3.71. The molecular formula is C12H15FN2O2. The summed E-state index contributed by atoms with van der Waals surface area (Å²) in [5, 5.41) is 12.4. The molecule has 92 valence electrons. The van der Waals surface area contributed by atoms with Gasteiger partial charge in [-0.1, -0.05) is 18.2 Å². The van der Waals surface area contributed by atoms with Crippen molar-refractivity contribution < 1.29 is 14.3 Å². The van der Waals surface area contributed by atoms with Crippen LogP contribution in [0.25, 0.3) is 0 Å². The highest BCUT2D eigenvalue weighted by Gasteiger charge is 2.30. The van der Waals surface area contributed by atoms with E-state index in [1.807, 2.05) is 0 Å². The predicted molar refractivity (Wildman–Crippen MR) is 61.2 cm³/mol. The van der Waals surface area contributed by atoms with Gasteiger partial charge in [-0.2, -0.15) is 0 Å². The third kappa shape index (κ3) is 2.62. The molecule has 0 radical (unpaired) electrons. The van der Waals surface area contributed by atoms with Gasteiger partial charge in [0.25, 0.3) is 0 Å². The Morgan fingerprint density at radius 2 is 2.00 bits per heavy atom. The van der Waals surface area contributed by atoms with Crippen LogP contribution in [0.1, 0.15) is 11.6 Å². The van der Waals surface area contributed by atoms with Gasteiger partial charge in [0.1, 0.15) is 11.9 Å². The molecule has 2 N–H and O–H groups in total. The molecule has 1 aliphatic heterocycles. The molecule has 1 aliphatic rings. The van der Waals surface area contributed by atoms with Crippen molar-refractivity contribution in [3.05, 3.63) is 35.6 Å². The fourth-order valence-corrected chi connectivity index (χ4v) is 2.12. The number of halogens is 1. The van der Waals surface area contributed by atoms with E-state index in [4.69, 9.17) is 0 Å². The standard InChI is InChI=1S/C12H15FN2O2/c13-10-4-2-1-3-9(10)11(12(16)17)15-7-5-14-6-8-15/h1-4,11,14H,5-8H2,(H,16,17). The van der Waals surface area contributed by atoms with Crippen LogP contribution in [-0.4, -0.2) is 42.2 Å². The van der Waals surface area contributed by atoms with E-state index in [9.17, 15) is 14.3 Å². The van der Waals surface area contributed by atoms with E-state index in [0.717, 1.165) is 13.1 Å². The lowest BCUT2D eigenvalue weighted by molar-refractivity contribution is -0.144. The Hall–Kier alpha value is -1.46. The molecule has 0 aliphatic carbocycles. The van der Waals surface area contributed by atoms with Gasteiger partial charge in [0.05, 0.1) is 0 Å². The van der Waals surface area contributed by atoms with E-state index in [2.05, 4.69) is 5.32 Å². The molecule has 1 fully saturated rings. The van der Waals surface area contributed by atoms with Crippen LogP contribution < -0.4 is 5.32 Å². The molecule has 1 heterocycles. The first kappa shape index (κ1) is 12.0. The molecule has 4 nitrogen and oxygen atoms in total. The van der Waals surface area contributed by atoms with Gasteiger partial charge < -0.3 is 10.4 Å². The van der Waals surface area contributed by atoms with Crippen LogP contribution in [0, 0.1) is 5.82 Å². The second-order valence-corrected chi connectivity index (χ2v) is 4.05. The molecule has 1 saturated heterocycles. The first-order chi connectivity index (χ1) is 8.20. The third-order valence-corrected chi connectivity index (χ3v) is 2.95. The highest BCUT2D eigenvalue weighted by atomic mass is 19.1. The number of benzene rings is 1. The van der Waals surface area contributed by atoms with Crippen molar-refractivity contribution in [1.29, 1.82) is 0 Å². The lowest BCUT2D eigenvalue weighted by atomic mass is 10.0. The summed E-state index contributed by atoms with van der Waals surface area (Å²) in [7, 11) is 0. The Bertz CT molecular complexity index is 405. The summed E-state index contributed by atoms with van der Waals surface area (Å²) in [5.74, 6) is -1.46. The topological polar surface area (TPSA) is 52.6 Å². The van der Waals surface area contributed by atoms with Crippen molar-refractivity contribution in [2.24, 2.45) is 0 Å². The van der Waals surface area contributed by atoms with Gasteiger partial charge in [0.15, 0.2) is 0 Å². The van der Waals surface area contributed by atoms with E-state index in [0.29, 0.717) is 13.1 Å². The number of nitrogens with zero attached hydrogens (tertiary/aromatic N) is 1. The summed E-state index contributed by atoms with van der Waals surface area (Å²) in [6, 6.07) is 5.17. The molecule has 1 aromatic rings. The van der Waals surface area contributed by atoms with Gasteiger partial charge in [-0.15, -0.1) is 0 Å². The van der Waals surface area contributed by atoms with Gasteiger partial charge in [-0.05, 0) is 6.07 Å². The minimum Gasteiger partial charge on any atom is -0.480 e. The molecule has 0 spiro atoms. The molecule has 0 amide bonds. The zero-order valence-corrected chi connectivity index (χ0v) is 9.40. The molecule has 17 heavy (non-hydrogen) atoms. The molecule has 1 unspecified atom stereocenters. The first-order valence-corrected chi connectivity index (χ1v) is 5.62. The molecule has 2 rings (SSSR count). The monoisotopic (exact) mass is 238 g/mol. The maximum atomic E-state index is 13.6. The van der Waals surface area contributed by atoms with Gasteiger partial charge in [0.2, 0.25) is 0 Å². The van der Waals surface area contributed by atoms with Crippen molar-refractivity contribution in [2.75, 3.05) is 26.2 Å². The van der Waals surface area contributed by atoms with Crippen LogP contribution in [0.15, 0.2) is 24.3 Å². The van der Waals surface area contributed by atoms with E-state index in [-0.39, 0.29) is 5.56 Å². The van der Waals surface area contributed by atoms with E-state index in [1.165, 1.54) is 12.1 Å². The Balaban J connectivity index is 2.28. The van der Waals surface area contributed by atoms with Crippen molar-refractivity contribution in [2.45, 2.75) is 6.04 Å². The van der Waals surface area contributed by atoms with Gasteiger partial charge >= 0.3 is 5.97 Å². The number of hydrogen-bond acceptors (Lipinski definition) is 3. The Labute approximate surface area is 99.0 Å². The minimum absolute atomic E-state index is 0.238. The van der Waals surface area contributed by atoms with Crippen molar-refractivity contribution in [3.63, 3.8) is 0 Å². The van der Waals surface area contributed by atoms with Gasteiger partial charge in [0, 0.05) is 31.7 Å². The van der Waals surface area contributed by atoms with Crippen LogP contribution in [-0.2, 0) is 4.79 Å². The summed E-state index contributed by atoms with van der Waals surface area (Å²) < 4.78 is 13.6. The van der Waals surface area contributed by atoms with Crippen LogP contribution in [0.2, 0.25) is 0 Å².